The molecule has 23 heavy (non-hydrogen) atoms. The summed E-state index contributed by atoms with van der Waals surface area (Å²) in [6, 6.07) is 17.9. The Kier molecular flexibility index (Phi) is 5.05. The fraction of sp³-hybridized carbons (Fsp3) is 0.222. The third kappa shape index (κ3) is 3.78. The van der Waals surface area contributed by atoms with Crippen molar-refractivity contribution in [1.29, 1.82) is 0 Å². The molecule has 0 amide bonds. The van der Waals surface area contributed by atoms with Crippen LogP contribution in [0.4, 0.5) is 0 Å². The summed E-state index contributed by atoms with van der Waals surface area (Å²) in [4.78, 5) is 1.72. The zero-order chi connectivity index (χ0) is 16.1. The summed E-state index contributed by atoms with van der Waals surface area (Å²) in [6.07, 6.45) is 0. The first-order valence-corrected chi connectivity index (χ1v) is 8.09. The Balaban J connectivity index is 1.93. The van der Waals surface area contributed by atoms with E-state index in [0.29, 0.717) is 13.1 Å². The first kappa shape index (κ1) is 15.7. The Morgan fingerprint density at radius 2 is 1.74 bits per heavy atom. The highest BCUT2D eigenvalue weighted by molar-refractivity contribution is 6.31. The van der Waals surface area contributed by atoms with Crippen molar-refractivity contribution >= 4 is 11.6 Å². The van der Waals surface area contributed by atoms with E-state index in [1.807, 2.05) is 42.5 Å². The van der Waals surface area contributed by atoms with Crippen LogP contribution >= 0.6 is 11.6 Å². The third-order valence-corrected chi connectivity index (χ3v) is 3.95. The monoisotopic (exact) mass is 326 g/mol. The number of nitrogens with zero attached hydrogens (tertiary/aromatic N) is 3. The fourth-order valence-electron chi connectivity index (χ4n) is 2.41. The van der Waals surface area contributed by atoms with E-state index in [1.54, 1.807) is 4.80 Å². The van der Waals surface area contributed by atoms with Gasteiger partial charge in [-0.15, -0.1) is 0 Å². The van der Waals surface area contributed by atoms with Crippen LogP contribution in [0.1, 0.15) is 18.2 Å². The van der Waals surface area contributed by atoms with E-state index in [4.69, 9.17) is 11.6 Å². The number of rotatable bonds is 6. The second kappa shape index (κ2) is 7.40. The van der Waals surface area contributed by atoms with Crippen molar-refractivity contribution in [1.82, 2.24) is 20.3 Å². The third-order valence-electron chi connectivity index (χ3n) is 3.58. The van der Waals surface area contributed by atoms with Crippen LogP contribution in [-0.2, 0) is 13.1 Å². The van der Waals surface area contributed by atoms with Crippen molar-refractivity contribution in [3.63, 3.8) is 0 Å². The zero-order valence-electron chi connectivity index (χ0n) is 13.0. The molecular formula is C18H19ClN4. The lowest BCUT2D eigenvalue weighted by Crippen LogP contribution is -2.13. The van der Waals surface area contributed by atoms with Gasteiger partial charge in [0, 0.05) is 17.1 Å². The quantitative estimate of drug-likeness (QED) is 0.750. The highest BCUT2D eigenvalue weighted by Gasteiger charge is 2.13. The van der Waals surface area contributed by atoms with Gasteiger partial charge in [-0.1, -0.05) is 67.1 Å². The van der Waals surface area contributed by atoms with Crippen LogP contribution in [0.3, 0.4) is 0 Å². The minimum Gasteiger partial charge on any atom is -0.311 e. The number of hydrogen-bond acceptors (Lipinski definition) is 3. The van der Waals surface area contributed by atoms with E-state index in [-0.39, 0.29) is 0 Å². The smallest absolute Gasteiger partial charge is 0.117 e. The van der Waals surface area contributed by atoms with E-state index < -0.39 is 0 Å². The predicted molar refractivity (Wildman–Crippen MR) is 93.4 cm³/mol. The van der Waals surface area contributed by atoms with Gasteiger partial charge in [0.2, 0.25) is 0 Å². The summed E-state index contributed by atoms with van der Waals surface area (Å²) in [6.45, 7) is 4.23. The van der Waals surface area contributed by atoms with Crippen molar-refractivity contribution in [2.45, 2.75) is 20.0 Å². The van der Waals surface area contributed by atoms with E-state index in [9.17, 15) is 0 Å². The molecule has 0 saturated heterocycles. The minimum absolute atomic E-state index is 0.561. The second-order valence-electron chi connectivity index (χ2n) is 5.26. The van der Waals surface area contributed by atoms with Crippen LogP contribution in [0.5, 0.6) is 0 Å². The molecule has 0 aliphatic rings. The van der Waals surface area contributed by atoms with E-state index in [0.717, 1.165) is 34.1 Å². The maximum Gasteiger partial charge on any atom is 0.117 e. The summed E-state index contributed by atoms with van der Waals surface area (Å²) >= 11 is 6.24. The molecule has 118 valence electrons. The lowest BCUT2D eigenvalue weighted by molar-refractivity contribution is 0.579. The predicted octanol–water partition coefficient (Wildman–Crippen LogP) is 3.76. The molecule has 2 aromatic carbocycles. The lowest BCUT2D eigenvalue weighted by Gasteiger charge is -2.02. The SMILES string of the molecule is CCNCc1nn(Cc2ccccc2Cl)nc1-c1ccccc1. The summed E-state index contributed by atoms with van der Waals surface area (Å²) in [7, 11) is 0. The molecule has 0 atom stereocenters. The van der Waals surface area contributed by atoms with Gasteiger partial charge >= 0.3 is 0 Å². The van der Waals surface area contributed by atoms with E-state index >= 15 is 0 Å². The maximum absolute atomic E-state index is 6.24. The van der Waals surface area contributed by atoms with Crippen molar-refractivity contribution < 1.29 is 0 Å². The van der Waals surface area contributed by atoms with Crippen molar-refractivity contribution in [3.8, 4) is 11.3 Å². The van der Waals surface area contributed by atoms with Crippen LogP contribution in [0.15, 0.2) is 54.6 Å². The number of benzene rings is 2. The largest absolute Gasteiger partial charge is 0.311 e. The molecule has 3 aromatic rings. The molecule has 5 heteroatoms. The zero-order valence-corrected chi connectivity index (χ0v) is 13.8. The Bertz CT molecular complexity index is 768. The molecule has 0 bridgehead atoms. The average Bonchev–Trinajstić information content (AvgIpc) is 2.99. The van der Waals surface area contributed by atoms with Gasteiger partial charge in [0.05, 0.1) is 6.54 Å². The van der Waals surface area contributed by atoms with Crippen LogP contribution < -0.4 is 5.32 Å². The standard InChI is InChI=1S/C18H19ClN4/c1-2-20-12-17-18(14-8-4-3-5-9-14)22-23(21-17)13-15-10-6-7-11-16(15)19/h3-11,20H,2,12-13H2,1H3. The van der Waals surface area contributed by atoms with Gasteiger partial charge in [-0.05, 0) is 18.2 Å². The molecular weight excluding hydrogens is 308 g/mol. The molecule has 0 aliphatic carbocycles. The molecule has 3 rings (SSSR count). The van der Waals surface area contributed by atoms with Gasteiger partial charge in [-0.25, -0.2) is 0 Å². The Morgan fingerprint density at radius 3 is 2.48 bits per heavy atom. The van der Waals surface area contributed by atoms with E-state index in [2.05, 4.69) is 34.6 Å². The van der Waals surface area contributed by atoms with Crippen LogP contribution in [-0.4, -0.2) is 21.5 Å². The molecule has 0 saturated carbocycles. The fourth-order valence-corrected chi connectivity index (χ4v) is 2.61. The Hall–Kier alpha value is -2.17. The number of nitrogens with one attached hydrogen (secondary N) is 1. The number of aromatic nitrogens is 3. The molecule has 0 unspecified atom stereocenters. The van der Waals surface area contributed by atoms with Gasteiger partial charge in [0.1, 0.15) is 11.4 Å². The molecule has 1 heterocycles. The molecule has 1 N–H and O–H groups in total. The van der Waals surface area contributed by atoms with Gasteiger partial charge in [0.15, 0.2) is 0 Å². The van der Waals surface area contributed by atoms with Gasteiger partial charge < -0.3 is 5.32 Å². The summed E-state index contributed by atoms with van der Waals surface area (Å²) in [5.41, 5.74) is 3.95. The van der Waals surface area contributed by atoms with Crippen LogP contribution in [0, 0.1) is 0 Å². The van der Waals surface area contributed by atoms with Gasteiger partial charge in [0.25, 0.3) is 0 Å². The molecule has 4 nitrogen and oxygen atoms in total. The summed E-state index contributed by atoms with van der Waals surface area (Å²) in [5, 5.41) is 13.4. The average molecular weight is 327 g/mol. The van der Waals surface area contributed by atoms with Crippen molar-refractivity contribution in [2.75, 3.05) is 6.54 Å². The Morgan fingerprint density at radius 1 is 1.00 bits per heavy atom. The molecule has 0 aliphatic heterocycles. The summed E-state index contributed by atoms with van der Waals surface area (Å²) in [5.74, 6) is 0. The van der Waals surface area contributed by atoms with Crippen LogP contribution in [0.25, 0.3) is 11.3 Å². The Labute approximate surface area is 141 Å². The van der Waals surface area contributed by atoms with Crippen molar-refractivity contribution in [2.24, 2.45) is 0 Å². The highest BCUT2D eigenvalue weighted by Crippen LogP contribution is 2.21. The molecule has 1 aromatic heterocycles. The van der Waals surface area contributed by atoms with Crippen molar-refractivity contribution in [3.05, 3.63) is 70.9 Å². The normalized spacial score (nSPS) is 10.9. The lowest BCUT2D eigenvalue weighted by atomic mass is 10.1. The second-order valence-corrected chi connectivity index (χ2v) is 5.67. The molecule has 0 fully saturated rings. The molecule has 0 radical (unpaired) electrons. The first-order valence-electron chi connectivity index (χ1n) is 7.71. The highest BCUT2D eigenvalue weighted by atomic mass is 35.5. The summed E-state index contributed by atoms with van der Waals surface area (Å²) < 4.78 is 0. The molecule has 0 spiro atoms. The minimum atomic E-state index is 0.561. The van der Waals surface area contributed by atoms with Crippen LogP contribution in [0.2, 0.25) is 5.02 Å². The topological polar surface area (TPSA) is 42.7 Å². The van der Waals surface area contributed by atoms with E-state index in [1.165, 1.54) is 0 Å². The van der Waals surface area contributed by atoms with Gasteiger partial charge in [-0.2, -0.15) is 15.0 Å². The first-order chi connectivity index (χ1) is 11.3. The maximum atomic E-state index is 6.24. The number of halogens is 1. The van der Waals surface area contributed by atoms with Gasteiger partial charge in [-0.3, -0.25) is 0 Å². The number of hydrogen-bond donors (Lipinski definition) is 1.